The zero-order valence-corrected chi connectivity index (χ0v) is 17.5. The van der Waals surface area contributed by atoms with Gasteiger partial charge in [-0.1, -0.05) is 13.8 Å². The van der Waals surface area contributed by atoms with Crippen LogP contribution in [-0.2, 0) is 9.53 Å². The van der Waals surface area contributed by atoms with Crippen molar-refractivity contribution in [3.05, 3.63) is 24.0 Å². The Morgan fingerprint density at radius 1 is 1.20 bits per heavy atom. The van der Waals surface area contributed by atoms with Crippen LogP contribution in [0.3, 0.4) is 0 Å². The van der Waals surface area contributed by atoms with E-state index in [0.717, 1.165) is 5.69 Å². The van der Waals surface area contributed by atoms with Gasteiger partial charge in [0.1, 0.15) is 23.7 Å². The van der Waals surface area contributed by atoms with Crippen LogP contribution in [0.25, 0.3) is 0 Å². The van der Waals surface area contributed by atoms with Gasteiger partial charge >= 0.3 is 6.09 Å². The first-order valence-electron chi connectivity index (χ1n) is 10.4. The van der Waals surface area contributed by atoms with Gasteiger partial charge in [0.05, 0.1) is 18.9 Å². The van der Waals surface area contributed by atoms with E-state index in [0.29, 0.717) is 58.0 Å². The number of piperidine rings is 1. The largest absolute Gasteiger partial charge is 0.488 e. The van der Waals surface area contributed by atoms with E-state index in [-0.39, 0.29) is 23.7 Å². The first-order chi connectivity index (χ1) is 14.3. The predicted molar refractivity (Wildman–Crippen MR) is 109 cm³/mol. The molecule has 2 heterocycles. The topological polar surface area (TPSA) is 91.3 Å². The van der Waals surface area contributed by atoms with Crippen LogP contribution in [0.5, 0.6) is 5.75 Å². The van der Waals surface area contributed by atoms with Gasteiger partial charge in [-0.05, 0) is 18.1 Å². The third-order valence-corrected chi connectivity index (χ3v) is 5.53. The maximum absolute atomic E-state index is 13.8. The number of hydrogen-bond acceptors (Lipinski definition) is 5. The minimum atomic E-state index is -1.20. The molecule has 2 N–H and O–H groups in total. The molecular formula is C21H30FN3O5. The Hall–Kier alpha value is -2.55. The van der Waals surface area contributed by atoms with Crippen LogP contribution < -0.4 is 15.0 Å². The van der Waals surface area contributed by atoms with Crippen molar-refractivity contribution in [1.29, 1.82) is 0 Å². The maximum Gasteiger partial charge on any atom is 0.405 e. The summed E-state index contributed by atoms with van der Waals surface area (Å²) in [5, 5.41) is 11.3. The van der Waals surface area contributed by atoms with Gasteiger partial charge in [0.15, 0.2) is 0 Å². The van der Waals surface area contributed by atoms with Gasteiger partial charge in [0.2, 0.25) is 5.91 Å². The zero-order chi connectivity index (χ0) is 21.7. The molecule has 2 amide bonds. The number of nitrogens with zero attached hydrogens (tertiary/aromatic N) is 2. The predicted octanol–water partition coefficient (Wildman–Crippen LogP) is 2.32. The first kappa shape index (κ1) is 22.1. The summed E-state index contributed by atoms with van der Waals surface area (Å²) in [6.07, 6.45) is -0.0379. The van der Waals surface area contributed by atoms with Crippen molar-refractivity contribution < 1.29 is 28.6 Å². The molecule has 0 radical (unpaired) electrons. The fourth-order valence-electron chi connectivity index (χ4n) is 3.86. The number of halogens is 1. The minimum Gasteiger partial charge on any atom is -0.488 e. The van der Waals surface area contributed by atoms with Gasteiger partial charge in [-0.3, -0.25) is 4.79 Å². The Bertz CT molecular complexity index is 746. The van der Waals surface area contributed by atoms with Crippen molar-refractivity contribution in [2.45, 2.75) is 38.8 Å². The third kappa shape index (κ3) is 5.53. The highest BCUT2D eigenvalue weighted by atomic mass is 19.1. The molecule has 0 spiro atoms. The van der Waals surface area contributed by atoms with Crippen LogP contribution >= 0.6 is 0 Å². The molecule has 2 aliphatic rings. The van der Waals surface area contributed by atoms with Crippen molar-refractivity contribution in [3.63, 3.8) is 0 Å². The number of carboxylic acid groups (broad SMARTS) is 1. The number of ether oxygens (including phenoxy) is 2. The fourth-order valence-corrected chi connectivity index (χ4v) is 3.86. The number of carbonyl (C=O) groups excluding carboxylic acids is 1. The van der Waals surface area contributed by atoms with Crippen LogP contribution in [-0.4, -0.2) is 73.5 Å². The van der Waals surface area contributed by atoms with Crippen LogP contribution in [0.2, 0.25) is 0 Å². The number of hydrogen-bond donors (Lipinski definition) is 2. The lowest BCUT2D eigenvalue weighted by atomic mass is 10.0. The van der Waals surface area contributed by atoms with Gasteiger partial charge in [-0.2, -0.15) is 0 Å². The number of rotatable bonds is 6. The summed E-state index contributed by atoms with van der Waals surface area (Å²) in [7, 11) is 0. The lowest BCUT2D eigenvalue weighted by Gasteiger charge is -2.36. The summed E-state index contributed by atoms with van der Waals surface area (Å²) < 4.78 is 25.4. The smallest absolute Gasteiger partial charge is 0.405 e. The van der Waals surface area contributed by atoms with Crippen LogP contribution in [0.1, 0.15) is 26.7 Å². The molecule has 9 heteroatoms. The molecular weight excluding hydrogens is 393 g/mol. The van der Waals surface area contributed by atoms with E-state index in [9.17, 15) is 14.0 Å². The van der Waals surface area contributed by atoms with Gasteiger partial charge in [-0.25, -0.2) is 9.18 Å². The lowest BCUT2D eigenvalue weighted by Crippen LogP contribution is -2.53. The van der Waals surface area contributed by atoms with E-state index in [2.05, 4.69) is 10.2 Å². The zero-order valence-electron chi connectivity index (χ0n) is 17.5. The van der Waals surface area contributed by atoms with Crippen molar-refractivity contribution in [1.82, 2.24) is 10.2 Å². The number of carbonyl (C=O) groups is 2. The molecule has 0 aliphatic carbocycles. The summed E-state index contributed by atoms with van der Waals surface area (Å²) in [4.78, 5) is 27.5. The monoisotopic (exact) mass is 423 g/mol. The van der Waals surface area contributed by atoms with E-state index in [1.165, 1.54) is 12.1 Å². The Balaban J connectivity index is 1.61. The SMILES string of the molecule is CC(C)[C@H](NC(=O)O)C(=O)N1CCC(Oc2ccc(F)cc2N2CCOCC2)CC1. The molecule has 0 unspecified atom stereocenters. The van der Waals surface area contributed by atoms with Crippen molar-refractivity contribution >= 4 is 17.7 Å². The first-order valence-corrected chi connectivity index (χ1v) is 10.4. The molecule has 166 valence electrons. The van der Waals surface area contributed by atoms with E-state index >= 15 is 0 Å². The van der Waals surface area contributed by atoms with E-state index in [4.69, 9.17) is 14.6 Å². The van der Waals surface area contributed by atoms with Gasteiger partial charge < -0.3 is 29.7 Å². The van der Waals surface area contributed by atoms with Crippen LogP contribution in [0, 0.1) is 11.7 Å². The molecule has 2 saturated heterocycles. The molecule has 8 nitrogen and oxygen atoms in total. The number of anilines is 1. The Morgan fingerprint density at radius 2 is 1.87 bits per heavy atom. The fraction of sp³-hybridized carbons (Fsp3) is 0.619. The second-order valence-electron chi connectivity index (χ2n) is 8.03. The second kappa shape index (κ2) is 9.97. The molecule has 2 aliphatic heterocycles. The number of amides is 2. The highest BCUT2D eigenvalue weighted by Gasteiger charge is 2.32. The summed E-state index contributed by atoms with van der Waals surface area (Å²) in [5.74, 6) is -0.0231. The summed E-state index contributed by atoms with van der Waals surface area (Å²) >= 11 is 0. The Kier molecular flexibility index (Phi) is 7.36. The molecule has 2 fully saturated rings. The molecule has 0 aromatic heterocycles. The van der Waals surface area contributed by atoms with E-state index in [1.807, 2.05) is 13.8 Å². The molecule has 0 saturated carbocycles. The molecule has 1 atom stereocenters. The normalized spacial score (nSPS) is 18.9. The summed E-state index contributed by atoms with van der Waals surface area (Å²) in [5.41, 5.74) is 0.724. The highest BCUT2D eigenvalue weighted by Crippen LogP contribution is 2.32. The van der Waals surface area contributed by atoms with Gasteiger partial charge in [0.25, 0.3) is 0 Å². The van der Waals surface area contributed by atoms with E-state index in [1.54, 1.807) is 11.0 Å². The highest BCUT2D eigenvalue weighted by molar-refractivity contribution is 5.85. The van der Waals surface area contributed by atoms with Crippen LogP contribution in [0.4, 0.5) is 14.9 Å². The minimum absolute atomic E-state index is 0.0933. The van der Waals surface area contributed by atoms with Crippen molar-refractivity contribution in [2.24, 2.45) is 5.92 Å². The molecule has 1 aromatic rings. The summed E-state index contributed by atoms with van der Waals surface area (Å²) in [6, 6.07) is 3.78. The second-order valence-corrected chi connectivity index (χ2v) is 8.03. The standard InChI is InChI=1S/C21H30FN3O5/c1-14(2)19(23-21(27)28)20(26)25-7-5-16(6-8-25)30-18-4-3-15(22)13-17(18)24-9-11-29-12-10-24/h3-4,13-14,16,19,23H,5-12H2,1-2H3,(H,27,28)/t19-/m0/s1. The van der Waals surface area contributed by atoms with Crippen LogP contribution in [0.15, 0.2) is 18.2 Å². The lowest BCUT2D eigenvalue weighted by molar-refractivity contribution is -0.136. The maximum atomic E-state index is 13.8. The van der Waals surface area contributed by atoms with Gasteiger partial charge in [0, 0.05) is 45.1 Å². The van der Waals surface area contributed by atoms with E-state index < -0.39 is 12.1 Å². The summed E-state index contributed by atoms with van der Waals surface area (Å²) in [6.45, 7) is 7.16. The Labute approximate surface area is 175 Å². The quantitative estimate of drug-likeness (QED) is 0.730. The van der Waals surface area contributed by atoms with Crippen molar-refractivity contribution in [2.75, 3.05) is 44.3 Å². The number of likely N-dealkylation sites (tertiary alicyclic amines) is 1. The third-order valence-electron chi connectivity index (χ3n) is 5.53. The average molecular weight is 423 g/mol. The number of morpholine rings is 1. The molecule has 0 bridgehead atoms. The molecule has 30 heavy (non-hydrogen) atoms. The molecule has 3 rings (SSSR count). The van der Waals surface area contributed by atoms with Gasteiger partial charge in [-0.15, -0.1) is 0 Å². The average Bonchev–Trinajstić information content (AvgIpc) is 2.73. The Morgan fingerprint density at radius 3 is 2.47 bits per heavy atom. The number of benzene rings is 1. The number of nitrogens with one attached hydrogen (secondary N) is 1. The molecule has 1 aromatic carbocycles. The van der Waals surface area contributed by atoms with Crippen molar-refractivity contribution in [3.8, 4) is 5.75 Å².